The number of hydrogen-bond donors (Lipinski definition) is 1. The molecule has 0 spiro atoms. The maximum atomic E-state index is 14.0. The number of benzene rings is 2. The summed E-state index contributed by atoms with van der Waals surface area (Å²) in [6, 6.07) is 15.4. The van der Waals surface area contributed by atoms with Crippen LogP contribution < -0.4 is 15.1 Å². The van der Waals surface area contributed by atoms with Gasteiger partial charge in [-0.2, -0.15) is 4.98 Å². The van der Waals surface area contributed by atoms with Crippen molar-refractivity contribution in [2.45, 2.75) is 13.5 Å². The maximum absolute atomic E-state index is 14.0. The topological polar surface area (TPSA) is 44.3 Å². The van der Waals surface area contributed by atoms with Gasteiger partial charge in [0.25, 0.3) is 0 Å². The Morgan fingerprint density at radius 1 is 0.862 bits per heavy atom. The minimum absolute atomic E-state index is 0.196. The van der Waals surface area contributed by atoms with Gasteiger partial charge in [0.05, 0.1) is 5.69 Å². The third kappa shape index (κ3) is 4.45. The van der Waals surface area contributed by atoms with E-state index in [0.717, 1.165) is 24.6 Å². The van der Waals surface area contributed by atoms with E-state index in [1.165, 1.54) is 12.1 Å². The molecule has 4 rings (SSSR count). The Hall–Kier alpha value is -3.22. The second-order valence-corrected chi connectivity index (χ2v) is 7.06. The molecule has 1 N–H and O–H groups in total. The molecule has 2 heterocycles. The van der Waals surface area contributed by atoms with Crippen LogP contribution in [0.2, 0.25) is 0 Å². The van der Waals surface area contributed by atoms with E-state index >= 15 is 0 Å². The first kappa shape index (κ1) is 19.1. The normalized spacial score (nSPS) is 14.2. The first-order valence-electron chi connectivity index (χ1n) is 9.67. The number of hydrogen-bond acceptors (Lipinski definition) is 5. The third-order valence-electron chi connectivity index (χ3n) is 5.03. The summed E-state index contributed by atoms with van der Waals surface area (Å²) in [5, 5.41) is 3.12. The van der Waals surface area contributed by atoms with Crippen molar-refractivity contribution in [2.24, 2.45) is 0 Å². The van der Waals surface area contributed by atoms with Gasteiger partial charge < -0.3 is 15.1 Å². The predicted molar refractivity (Wildman–Crippen MR) is 111 cm³/mol. The lowest BCUT2D eigenvalue weighted by molar-refractivity contribution is 0.596. The van der Waals surface area contributed by atoms with Crippen molar-refractivity contribution < 1.29 is 8.78 Å². The molecule has 5 nitrogen and oxygen atoms in total. The van der Waals surface area contributed by atoms with Crippen LogP contribution in [0.25, 0.3) is 0 Å². The summed E-state index contributed by atoms with van der Waals surface area (Å²) in [5.41, 5.74) is 2.04. The summed E-state index contributed by atoms with van der Waals surface area (Å²) < 4.78 is 27.9. The molecule has 0 bridgehead atoms. The molecule has 7 heteroatoms. The molecule has 2 aromatic carbocycles. The Kier molecular flexibility index (Phi) is 5.55. The molecule has 0 radical (unpaired) electrons. The van der Waals surface area contributed by atoms with Crippen molar-refractivity contribution in [1.82, 2.24) is 9.97 Å². The molecule has 0 unspecified atom stereocenters. The number of nitrogens with one attached hydrogen (secondary N) is 1. The fourth-order valence-electron chi connectivity index (χ4n) is 3.49. The third-order valence-corrected chi connectivity index (χ3v) is 5.03. The van der Waals surface area contributed by atoms with E-state index in [0.29, 0.717) is 36.8 Å². The van der Waals surface area contributed by atoms with E-state index in [-0.39, 0.29) is 11.6 Å². The van der Waals surface area contributed by atoms with Crippen LogP contribution in [0.3, 0.4) is 0 Å². The van der Waals surface area contributed by atoms with Crippen molar-refractivity contribution in [3.63, 3.8) is 0 Å². The van der Waals surface area contributed by atoms with Gasteiger partial charge in [-0.3, -0.25) is 0 Å². The highest BCUT2D eigenvalue weighted by atomic mass is 19.1. The first-order valence-corrected chi connectivity index (χ1v) is 9.67. The van der Waals surface area contributed by atoms with Gasteiger partial charge in [-0.15, -0.1) is 0 Å². The lowest BCUT2D eigenvalue weighted by atomic mass is 10.2. The van der Waals surface area contributed by atoms with Crippen LogP contribution in [-0.4, -0.2) is 36.1 Å². The summed E-state index contributed by atoms with van der Waals surface area (Å²) in [4.78, 5) is 13.2. The zero-order valence-corrected chi connectivity index (χ0v) is 16.3. The van der Waals surface area contributed by atoms with Crippen LogP contribution >= 0.6 is 0 Å². The van der Waals surface area contributed by atoms with Crippen LogP contribution in [0.1, 0.15) is 11.3 Å². The number of anilines is 3. The minimum atomic E-state index is -0.253. The molecule has 29 heavy (non-hydrogen) atoms. The largest absolute Gasteiger partial charge is 0.366 e. The molecule has 0 aliphatic carbocycles. The number of aryl methyl sites for hydroxylation is 1. The van der Waals surface area contributed by atoms with E-state index in [4.69, 9.17) is 0 Å². The molecule has 1 aliphatic rings. The van der Waals surface area contributed by atoms with Crippen LogP contribution in [0, 0.1) is 18.6 Å². The lowest BCUT2D eigenvalue weighted by Crippen LogP contribution is -2.47. The Balaban J connectivity index is 1.43. The van der Waals surface area contributed by atoms with Crippen LogP contribution in [0.4, 0.5) is 26.2 Å². The quantitative estimate of drug-likeness (QED) is 0.707. The van der Waals surface area contributed by atoms with E-state index < -0.39 is 0 Å². The number of piperazine rings is 1. The monoisotopic (exact) mass is 395 g/mol. The van der Waals surface area contributed by atoms with E-state index in [1.807, 2.05) is 25.1 Å². The number of aromatic nitrogens is 2. The van der Waals surface area contributed by atoms with Crippen molar-refractivity contribution in [1.29, 1.82) is 0 Å². The second kappa shape index (κ2) is 8.43. The second-order valence-electron chi connectivity index (χ2n) is 7.06. The molecule has 3 aromatic rings. The zero-order chi connectivity index (χ0) is 20.2. The molecular weight excluding hydrogens is 372 g/mol. The highest BCUT2D eigenvalue weighted by molar-refractivity contribution is 5.51. The van der Waals surface area contributed by atoms with Gasteiger partial charge in [-0.05, 0) is 25.1 Å². The molecular formula is C22H23F2N5. The lowest BCUT2D eigenvalue weighted by Gasteiger charge is -2.37. The minimum Gasteiger partial charge on any atom is -0.366 e. The van der Waals surface area contributed by atoms with Gasteiger partial charge >= 0.3 is 0 Å². The zero-order valence-electron chi connectivity index (χ0n) is 16.3. The molecule has 1 aromatic heterocycles. The van der Waals surface area contributed by atoms with Crippen molar-refractivity contribution >= 4 is 17.5 Å². The summed E-state index contributed by atoms with van der Waals surface area (Å²) in [6.07, 6.45) is 0. The fraction of sp³-hybridized carbons (Fsp3) is 0.273. The molecule has 1 fully saturated rings. The van der Waals surface area contributed by atoms with Crippen molar-refractivity contribution in [3.8, 4) is 0 Å². The van der Waals surface area contributed by atoms with E-state index in [1.54, 1.807) is 24.3 Å². The molecule has 0 saturated carbocycles. The average molecular weight is 395 g/mol. The van der Waals surface area contributed by atoms with E-state index in [9.17, 15) is 8.78 Å². The van der Waals surface area contributed by atoms with Crippen LogP contribution in [0.5, 0.6) is 0 Å². The Morgan fingerprint density at radius 2 is 1.52 bits per heavy atom. The molecule has 150 valence electrons. The Bertz CT molecular complexity index is 986. The molecule has 1 aliphatic heterocycles. The van der Waals surface area contributed by atoms with Gasteiger partial charge in [0, 0.05) is 50.0 Å². The summed E-state index contributed by atoms with van der Waals surface area (Å²) in [7, 11) is 0. The van der Waals surface area contributed by atoms with Crippen molar-refractivity contribution in [3.05, 3.63) is 77.5 Å². The SMILES string of the molecule is Cc1cc(N2CCN(c3ccccc3F)CC2)nc(NCc2ccccc2F)n1. The van der Waals surface area contributed by atoms with E-state index in [2.05, 4.69) is 25.1 Å². The van der Waals surface area contributed by atoms with Crippen LogP contribution in [-0.2, 0) is 6.54 Å². The predicted octanol–water partition coefficient (Wildman–Crippen LogP) is 4.00. The number of rotatable bonds is 5. The highest BCUT2D eigenvalue weighted by Crippen LogP contribution is 2.23. The number of halogens is 2. The smallest absolute Gasteiger partial charge is 0.225 e. The van der Waals surface area contributed by atoms with Gasteiger partial charge in [0.2, 0.25) is 5.95 Å². The molecule has 0 atom stereocenters. The van der Waals surface area contributed by atoms with Gasteiger partial charge in [0.15, 0.2) is 0 Å². The Morgan fingerprint density at radius 3 is 2.24 bits per heavy atom. The maximum Gasteiger partial charge on any atom is 0.225 e. The highest BCUT2D eigenvalue weighted by Gasteiger charge is 2.21. The average Bonchev–Trinajstić information content (AvgIpc) is 2.73. The Labute approximate surface area is 169 Å². The molecule has 0 amide bonds. The number of nitrogens with zero attached hydrogens (tertiary/aromatic N) is 4. The van der Waals surface area contributed by atoms with Crippen LogP contribution in [0.15, 0.2) is 54.6 Å². The van der Waals surface area contributed by atoms with Gasteiger partial charge in [-0.25, -0.2) is 13.8 Å². The number of para-hydroxylation sites is 1. The summed E-state index contributed by atoms with van der Waals surface area (Å²) in [6.45, 7) is 5.12. The van der Waals surface area contributed by atoms with Gasteiger partial charge in [0.1, 0.15) is 17.5 Å². The molecule has 1 saturated heterocycles. The standard InChI is InChI=1S/C22H23F2N5/c1-16-14-21(27-22(26-16)25-15-17-6-2-3-7-18(17)23)29-12-10-28(11-13-29)20-9-5-4-8-19(20)24/h2-9,14H,10-13,15H2,1H3,(H,25,26,27). The summed E-state index contributed by atoms with van der Waals surface area (Å²) in [5.74, 6) is 0.845. The summed E-state index contributed by atoms with van der Waals surface area (Å²) >= 11 is 0. The first-order chi connectivity index (χ1) is 14.1. The van der Waals surface area contributed by atoms with Gasteiger partial charge in [-0.1, -0.05) is 30.3 Å². The van der Waals surface area contributed by atoms with Crippen molar-refractivity contribution in [2.75, 3.05) is 41.3 Å². The fourth-order valence-corrected chi connectivity index (χ4v) is 3.49.